The van der Waals surface area contributed by atoms with Crippen molar-refractivity contribution in [2.24, 2.45) is 16.7 Å². The molecule has 7 N–H and O–H groups in total. The Morgan fingerprint density at radius 1 is 0.648 bits per heavy atom. The van der Waals surface area contributed by atoms with E-state index in [0.29, 0.717) is 48.3 Å². The Hall–Kier alpha value is -0.720. The van der Waals surface area contributed by atoms with Crippen molar-refractivity contribution in [3.63, 3.8) is 0 Å². The van der Waals surface area contributed by atoms with Crippen LogP contribution in [0.2, 0.25) is 0 Å². The molecule has 0 amide bonds. The molecule has 1 saturated carbocycles. The fourth-order valence-electron chi connectivity index (χ4n) is 10.4. The second-order valence-electron chi connectivity index (χ2n) is 21.7. The molecular weight excluding hydrogens is 917 g/mol. The third-order valence-corrected chi connectivity index (χ3v) is 14.5. The summed E-state index contributed by atoms with van der Waals surface area (Å²) in [7, 11) is 16.5. The molecule has 0 aromatic carbocycles. The van der Waals surface area contributed by atoms with Crippen LogP contribution < -0.4 is 0 Å². The molecule has 0 aromatic heterocycles. The third kappa shape index (κ3) is 29.4. The van der Waals surface area contributed by atoms with Crippen LogP contribution in [-0.4, -0.2) is 265 Å². The molecule has 4 saturated heterocycles. The van der Waals surface area contributed by atoms with Crippen molar-refractivity contribution in [2.75, 3.05) is 143 Å². The minimum Gasteiger partial charge on any atom is -0.390 e. The van der Waals surface area contributed by atoms with Crippen LogP contribution in [0.3, 0.4) is 0 Å². The predicted molar refractivity (Wildman–Crippen MR) is 282 cm³/mol. The molecule has 0 aromatic rings. The monoisotopic (exact) mass is 1030 g/mol. The summed E-state index contributed by atoms with van der Waals surface area (Å²) in [5.74, 6) is -0.432. The van der Waals surface area contributed by atoms with Gasteiger partial charge in [0.05, 0.1) is 50.8 Å². The number of piperidine rings is 1. The fraction of sp³-hybridized carbons (Fsp3) is 1.00. The molecule has 5 fully saturated rings. The normalized spacial score (nSPS) is 31.0. The van der Waals surface area contributed by atoms with Crippen LogP contribution in [0.5, 0.6) is 0 Å². The molecule has 71 heavy (non-hydrogen) atoms. The highest BCUT2D eigenvalue weighted by Crippen LogP contribution is 2.49. The molecule has 4 aliphatic heterocycles. The van der Waals surface area contributed by atoms with Gasteiger partial charge in [0.2, 0.25) is 0 Å². The molecular formula is C53H112N4O14. The Bertz CT molecular complexity index is 1220. The van der Waals surface area contributed by atoms with Gasteiger partial charge in [-0.05, 0) is 96.3 Å². The summed E-state index contributed by atoms with van der Waals surface area (Å²) < 4.78 is 35.4. The summed E-state index contributed by atoms with van der Waals surface area (Å²) in [4.78, 5) is 9.49. The largest absolute Gasteiger partial charge is 0.390 e. The molecule has 4 heterocycles. The zero-order valence-electron chi connectivity index (χ0n) is 47.7. The number of hydrogen-bond donors (Lipinski definition) is 7. The van der Waals surface area contributed by atoms with E-state index in [1.54, 1.807) is 21.3 Å². The van der Waals surface area contributed by atoms with Crippen molar-refractivity contribution in [3.05, 3.63) is 0 Å². The average molecular weight is 1030 g/mol. The minimum atomic E-state index is -1.38. The number of aliphatic hydroxyl groups excluding tert-OH is 7. The van der Waals surface area contributed by atoms with Crippen LogP contribution in [0.1, 0.15) is 119 Å². The maximum absolute atomic E-state index is 9.66. The van der Waals surface area contributed by atoms with Gasteiger partial charge in [0, 0.05) is 100 Å². The predicted octanol–water partition coefficient (Wildman–Crippen LogP) is 3.33. The number of likely N-dealkylation sites (tertiary alicyclic amines) is 2. The van der Waals surface area contributed by atoms with Crippen LogP contribution in [-0.2, 0) is 33.2 Å². The van der Waals surface area contributed by atoms with Gasteiger partial charge in [-0.1, -0.05) is 60.8 Å². The van der Waals surface area contributed by atoms with Crippen molar-refractivity contribution in [1.82, 2.24) is 19.6 Å². The number of methoxy groups -OCH3 is 6. The van der Waals surface area contributed by atoms with E-state index < -0.39 is 54.9 Å². The van der Waals surface area contributed by atoms with Crippen LogP contribution in [0.15, 0.2) is 0 Å². The molecule has 428 valence electrons. The maximum atomic E-state index is 9.66. The standard InChI is InChI=1S/C13H26O.C9H18O5.C9H20O5.C8H18N2O.C8H17NO.C6H13NO/c1-6-7-13(4)9-11(14-5)8-12(2,3)10-13;1-3-5-7(10)8(11)6(4-13-2)14-9(5)12;1-3-4-6(10)8(12)9(13)7(11)5-14-2;1-9-3-5-10(6-4-9)7-8-11-2;1-9-6-4-3-5-8(9)7-10-2;1-7-4-3-6(5-7)8-2/h11H,6-10H2,1-5H3;5-12H,3-4H2,1-2H3;6-13H,3-5H2,1-2H3;3-8H2,1-2H3;8H,3-7H2,1-2H3;6H,3-5H2,1-2H3. The van der Waals surface area contributed by atoms with E-state index >= 15 is 0 Å². The second-order valence-corrected chi connectivity index (χ2v) is 21.7. The lowest BCUT2D eigenvalue weighted by atomic mass is 9.62. The molecule has 0 radical (unpaired) electrons. The molecule has 1 aliphatic carbocycles. The summed E-state index contributed by atoms with van der Waals surface area (Å²) >= 11 is 0. The number of likely N-dealkylation sites (N-methyl/N-ethyl adjacent to an activating group) is 3. The number of rotatable bonds is 19. The molecule has 18 heteroatoms. The van der Waals surface area contributed by atoms with Gasteiger partial charge in [-0.25, -0.2) is 0 Å². The highest BCUT2D eigenvalue weighted by atomic mass is 16.6. The SMILES string of the molecule is CCC1C(O)OC(COC)C(O)C1O.CCCC(O)C(O)C(O)C(O)COC.CCCC1(C)CC(OC)CC(C)(C)C1.COC1CCN(C)C1.COCC1CCCCN1C.COCCN1CCN(C)CC1. The van der Waals surface area contributed by atoms with Crippen molar-refractivity contribution in [3.8, 4) is 0 Å². The van der Waals surface area contributed by atoms with E-state index in [0.717, 1.165) is 26.3 Å². The average Bonchev–Trinajstić information content (AvgIpc) is 3.76. The zero-order chi connectivity index (χ0) is 54.2. The van der Waals surface area contributed by atoms with Crippen molar-refractivity contribution in [2.45, 2.75) is 186 Å². The molecule has 13 unspecified atom stereocenters. The molecule has 5 rings (SSSR count). The van der Waals surface area contributed by atoms with Crippen LogP contribution >= 0.6 is 0 Å². The molecule has 13 atom stereocenters. The van der Waals surface area contributed by atoms with Crippen molar-refractivity contribution in [1.29, 1.82) is 0 Å². The Morgan fingerprint density at radius 2 is 1.27 bits per heavy atom. The molecule has 0 spiro atoms. The lowest BCUT2D eigenvalue weighted by molar-refractivity contribution is -0.271. The van der Waals surface area contributed by atoms with Gasteiger partial charge in [-0.15, -0.1) is 0 Å². The Labute approximate surface area is 432 Å². The Balaban J connectivity index is 0.000000835. The summed E-state index contributed by atoms with van der Waals surface area (Å²) in [5.41, 5.74) is 0.972. The van der Waals surface area contributed by atoms with Gasteiger partial charge in [-0.2, -0.15) is 0 Å². The quantitative estimate of drug-likeness (QED) is 0.0987. The third-order valence-electron chi connectivity index (χ3n) is 14.5. The number of piperazine rings is 1. The highest BCUT2D eigenvalue weighted by molar-refractivity contribution is 4.92. The summed E-state index contributed by atoms with van der Waals surface area (Å²) in [6.45, 7) is 24.4. The van der Waals surface area contributed by atoms with E-state index in [1.165, 1.54) is 111 Å². The van der Waals surface area contributed by atoms with E-state index in [-0.39, 0.29) is 13.2 Å². The van der Waals surface area contributed by atoms with Crippen molar-refractivity contribution < 1.29 is 68.9 Å². The first-order valence-corrected chi connectivity index (χ1v) is 26.8. The minimum absolute atomic E-state index is 0.0723. The van der Waals surface area contributed by atoms with Crippen LogP contribution in [0.4, 0.5) is 0 Å². The van der Waals surface area contributed by atoms with E-state index in [4.69, 9.17) is 28.4 Å². The second kappa shape index (κ2) is 39.6. The van der Waals surface area contributed by atoms with Gasteiger partial charge in [0.1, 0.15) is 30.5 Å². The van der Waals surface area contributed by atoms with Crippen LogP contribution in [0.25, 0.3) is 0 Å². The number of aliphatic hydroxyl groups is 7. The molecule has 5 aliphatic rings. The van der Waals surface area contributed by atoms with Gasteiger partial charge in [0.25, 0.3) is 0 Å². The highest BCUT2D eigenvalue weighted by Gasteiger charge is 2.43. The maximum Gasteiger partial charge on any atom is 0.160 e. The smallest absolute Gasteiger partial charge is 0.160 e. The number of nitrogens with zero attached hydrogens (tertiary/aromatic N) is 4. The molecule has 18 nitrogen and oxygen atoms in total. The first kappa shape index (κ1) is 70.3. The Kier molecular flexibility index (Phi) is 39.2. The summed E-state index contributed by atoms with van der Waals surface area (Å²) in [6, 6.07) is 0.679. The van der Waals surface area contributed by atoms with Crippen molar-refractivity contribution >= 4 is 0 Å². The zero-order valence-corrected chi connectivity index (χ0v) is 47.7. The van der Waals surface area contributed by atoms with Gasteiger partial charge >= 0.3 is 0 Å². The summed E-state index contributed by atoms with van der Waals surface area (Å²) in [5, 5.41) is 66.2. The topological polar surface area (TPSA) is 219 Å². The summed E-state index contributed by atoms with van der Waals surface area (Å²) in [6.07, 6.45) is 5.79. The first-order chi connectivity index (χ1) is 33.6. The fourth-order valence-corrected chi connectivity index (χ4v) is 10.4. The number of ether oxygens (including phenoxy) is 7. The van der Waals surface area contributed by atoms with Gasteiger partial charge < -0.3 is 83.6 Å². The Morgan fingerprint density at radius 3 is 1.75 bits per heavy atom. The van der Waals surface area contributed by atoms with E-state index in [9.17, 15) is 35.7 Å². The van der Waals surface area contributed by atoms with E-state index in [1.807, 2.05) is 21.0 Å². The molecule has 0 bridgehead atoms. The lowest BCUT2D eigenvalue weighted by Gasteiger charge is -2.46. The number of hydrogen-bond acceptors (Lipinski definition) is 18. The van der Waals surface area contributed by atoms with Gasteiger partial charge in [-0.3, -0.25) is 4.90 Å². The lowest BCUT2D eigenvalue weighted by Crippen LogP contribution is -2.55. The van der Waals surface area contributed by atoms with Crippen LogP contribution in [0, 0.1) is 16.7 Å². The van der Waals surface area contributed by atoms with E-state index in [2.05, 4.69) is 73.2 Å². The van der Waals surface area contributed by atoms with Gasteiger partial charge in [0.15, 0.2) is 6.29 Å². The first-order valence-electron chi connectivity index (χ1n) is 26.8.